The van der Waals surface area contributed by atoms with Gasteiger partial charge in [-0.3, -0.25) is 4.79 Å². The molecule has 0 radical (unpaired) electrons. The summed E-state index contributed by atoms with van der Waals surface area (Å²) in [4.78, 5) is 21.1. The third kappa shape index (κ3) is 6.67. The van der Waals surface area contributed by atoms with E-state index in [2.05, 4.69) is 34.4 Å². The fourth-order valence-electron chi connectivity index (χ4n) is 3.47. The van der Waals surface area contributed by atoms with Gasteiger partial charge in [-0.1, -0.05) is 13.3 Å². The Morgan fingerprint density at radius 3 is 2.38 bits per heavy atom. The summed E-state index contributed by atoms with van der Waals surface area (Å²) < 4.78 is 0. The Morgan fingerprint density at radius 1 is 1.04 bits per heavy atom. The first-order chi connectivity index (χ1) is 11.7. The molecule has 2 fully saturated rings. The van der Waals surface area contributed by atoms with Crippen LogP contribution in [0.4, 0.5) is 0 Å². The second-order valence-electron chi connectivity index (χ2n) is 7.13. The molecule has 2 rings (SSSR count). The van der Waals surface area contributed by atoms with E-state index >= 15 is 0 Å². The van der Waals surface area contributed by atoms with Gasteiger partial charge in [0, 0.05) is 32.7 Å². The minimum absolute atomic E-state index is 0.145. The molecule has 0 saturated carbocycles. The largest absolute Gasteiger partial charge is 0.357 e. The van der Waals surface area contributed by atoms with Crippen molar-refractivity contribution in [3.05, 3.63) is 0 Å². The van der Waals surface area contributed by atoms with Gasteiger partial charge >= 0.3 is 0 Å². The molecule has 0 aromatic rings. The molecule has 1 atom stereocenters. The lowest BCUT2D eigenvalue weighted by Gasteiger charge is -2.29. The third-order valence-corrected chi connectivity index (χ3v) is 4.81. The van der Waals surface area contributed by atoms with Gasteiger partial charge in [-0.25, -0.2) is 4.99 Å². The van der Waals surface area contributed by atoms with Crippen LogP contribution in [-0.4, -0.2) is 74.0 Å². The Morgan fingerprint density at radius 2 is 1.71 bits per heavy atom. The monoisotopic (exact) mass is 337 g/mol. The van der Waals surface area contributed by atoms with Crippen LogP contribution in [0.2, 0.25) is 0 Å². The van der Waals surface area contributed by atoms with E-state index in [1.165, 1.54) is 32.4 Å². The number of hydrogen-bond acceptors (Lipinski definition) is 3. The number of piperidine rings is 1. The molecule has 24 heavy (non-hydrogen) atoms. The number of carbonyl (C=O) groups is 1. The average molecular weight is 338 g/mol. The van der Waals surface area contributed by atoms with E-state index in [1.807, 2.05) is 4.90 Å². The van der Waals surface area contributed by atoms with E-state index in [4.69, 9.17) is 0 Å². The molecule has 2 aliphatic rings. The molecule has 2 aliphatic heterocycles. The van der Waals surface area contributed by atoms with Crippen molar-refractivity contribution < 1.29 is 4.79 Å². The highest BCUT2D eigenvalue weighted by molar-refractivity contribution is 5.85. The van der Waals surface area contributed by atoms with Gasteiger partial charge in [-0.15, -0.1) is 0 Å². The molecule has 6 nitrogen and oxygen atoms in total. The van der Waals surface area contributed by atoms with Crippen LogP contribution in [0.25, 0.3) is 0 Å². The summed E-state index contributed by atoms with van der Waals surface area (Å²) in [5, 5.41) is 6.64. The third-order valence-electron chi connectivity index (χ3n) is 4.81. The van der Waals surface area contributed by atoms with Gasteiger partial charge in [0.25, 0.3) is 0 Å². The number of aliphatic imine (C=N–C) groups is 1. The van der Waals surface area contributed by atoms with Crippen LogP contribution in [0.5, 0.6) is 0 Å². The van der Waals surface area contributed by atoms with Crippen molar-refractivity contribution in [3.8, 4) is 0 Å². The number of hydrogen-bond donors (Lipinski definition) is 2. The van der Waals surface area contributed by atoms with Crippen LogP contribution in [-0.2, 0) is 4.79 Å². The lowest BCUT2D eigenvalue weighted by molar-refractivity contribution is -0.128. The maximum Gasteiger partial charge on any atom is 0.244 e. The minimum atomic E-state index is 0.145. The Labute approximate surface area is 147 Å². The van der Waals surface area contributed by atoms with Crippen LogP contribution in [0.3, 0.4) is 0 Å². The summed E-state index contributed by atoms with van der Waals surface area (Å²) in [7, 11) is 0. The van der Waals surface area contributed by atoms with Gasteiger partial charge < -0.3 is 20.4 Å². The molecule has 1 amide bonds. The Kier molecular flexibility index (Phi) is 8.36. The number of guanidine groups is 1. The number of nitrogens with zero attached hydrogens (tertiary/aromatic N) is 3. The zero-order valence-corrected chi connectivity index (χ0v) is 15.5. The van der Waals surface area contributed by atoms with Gasteiger partial charge in [-0.05, 0) is 51.6 Å². The first-order valence-electron chi connectivity index (χ1n) is 9.71. The molecule has 2 saturated heterocycles. The fourth-order valence-corrected chi connectivity index (χ4v) is 3.47. The number of carbonyl (C=O) groups excluding carboxylic acids is 1. The summed E-state index contributed by atoms with van der Waals surface area (Å²) in [5.41, 5.74) is 0. The zero-order chi connectivity index (χ0) is 17.2. The van der Waals surface area contributed by atoms with Crippen LogP contribution >= 0.6 is 0 Å². The molecular weight excluding hydrogens is 302 g/mol. The normalized spacial score (nSPS) is 20.9. The molecule has 2 N–H and O–H groups in total. The van der Waals surface area contributed by atoms with E-state index in [1.54, 1.807) is 0 Å². The highest BCUT2D eigenvalue weighted by atomic mass is 16.2. The van der Waals surface area contributed by atoms with Crippen molar-refractivity contribution >= 4 is 11.9 Å². The van der Waals surface area contributed by atoms with Crippen molar-refractivity contribution in [3.63, 3.8) is 0 Å². The van der Waals surface area contributed by atoms with Gasteiger partial charge in [-0.2, -0.15) is 0 Å². The quantitative estimate of drug-likeness (QED) is 0.543. The lowest BCUT2D eigenvalue weighted by Crippen LogP contribution is -2.43. The summed E-state index contributed by atoms with van der Waals surface area (Å²) in [6, 6.07) is 0. The molecular formula is C18H35N5O. The maximum absolute atomic E-state index is 12.1. The predicted molar refractivity (Wildman–Crippen MR) is 99.3 cm³/mol. The molecule has 0 spiro atoms. The number of amides is 1. The molecule has 0 bridgehead atoms. The maximum atomic E-state index is 12.1. The van der Waals surface area contributed by atoms with Crippen molar-refractivity contribution in [2.75, 3.05) is 52.4 Å². The Balaban J connectivity index is 1.72. The fraction of sp³-hybridized carbons (Fsp3) is 0.889. The van der Waals surface area contributed by atoms with E-state index in [0.717, 1.165) is 51.5 Å². The molecule has 0 aromatic carbocycles. The average Bonchev–Trinajstić information content (AvgIpc) is 3.12. The van der Waals surface area contributed by atoms with E-state index in [9.17, 15) is 4.79 Å². The summed E-state index contributed by atoms with van der Waals surface area (Å²) in [6.45, 7) is 11.7. The van der Waals surface area contributed by atoms with Crippen molar-refractivity contribution in [2.45, 2.75) is 46.0 Å². The number of likely N-dealkylation sites (tertiary alicyclic amines) is 2. The van der Waals surface area contributed by atoms with Crippen LogP contribution in [0, 0.1) is 5.92 Å². The van der Waals surface area contributed by atoms with Crippen LogP contribution in [0.15, 0.2) is 4.99 Å². The van der Waals surface area contributed by atoms with Crippen LogP contribution < -0.4 is 10.6 Å². The second kappa shape index (κ2) is 10.5. The lowest BCUT2D eigenvalue weighted by atomic mass is 10.1. The van der Waals surface area contributed by atoms with Crippen LogP contribution in [0.1, 0.15) is 46.0 Å². The van der Waals surface area contributed by atoms with Gasteiger partial charge in [0.05, 0.1) is 0 Å². The molecule has 6 heteroatoms. The summed E-state index contributed by atoms with van der Waals surface area (Å²) in [5.74, 6) is 1.47. The summed E-state index contributed by atoms with van der Waals surface area (Å²) >= 11 is 0. The van der Waals surface area contributed by atoms with E-state index in [0.29, 0.717) is 5.92 Å². The molecule has 2 heterocycles. The van der Waals surface area contributed by atoms with Crippen molar-refractivity contribution in [2.24, 2.45) is 10.9 Å². The first kappa shape index (κ1) is 19.0. The standard InChI is InChI=1S/C18H35N5O/c1-3-19-18(21-14-17(24)23-11-7-8-12-23)20-13-16(2)15-22-9-5-4-6-10-22/h16H,3-15H2,1-2H3,(H2,19,20,21). The first-order valence-corrected chi connectivity index (χ1v) is 9.71. The zero-order valence-electron chi connectivity index (χ0n) is 15.5. The number of rotatable bonds is 7. The van der Waals surface area contributed by atoms with Gasteiger partial charge in [0.2, 0.25) is 5.91 Å². The summed E-state index contributed by atoms with van der Waals surface area (Å²) in [6.07, 6.45) is 6.31. The highest BCUT2D eigenvalue weighted by Crippen LogP contribution is 2.10. The molecule has 138 valence electrons. The SMILES string of the molecule is CCNC(=NCC(=O)N1CCCC1)NCC(C)CN1CCCCC1. The Bertz CT molecular complexity index is 400. The highest BCUT2D eigenvalue weighted by Gasteiger charge is 2.17. The molecule has 0 aromatic heterocycles. The smallest absolute Gasteiger partial charge is 0.244 e. The molecule has 0 aliphatic carbocycles. The van der Waals surface area contributed by atoms with Crippen molar-refractivity contribution in [1.29, 1.82) is 0 Å². The second-order valence-corrected chi connectivity index (χ2v) is 7.13. The molecule has 1 unspecified atom stereocenters. The number of nitrogens with one attached hydrogen (secondary N) is 2. The van der Waals surface area contributed by atoms with Gasteiger partial charge in [0.1, 0.15) is 6.54 Å². The minimum Gasteiger partial charge on any atom is -0.357 e. The topological polar surface area (TPSA) is 60.0 Å². The Hall–Kier alpha value is -1.30. The van der Waals surface area contributed by atoms with Crippen molar-refractivity contribution in [1.82, 2.24) is 20.4 Å². The predicted octanol–water partition coefficient (Wildman–Crippen LogP) is 1.29. The van der Waals surface area contributed by atoms with E-state index < -0.39 is 0 Å². The van der Waals surface area contributed by atoms with E-state index in [-0.39, 0.29) is 12.5 Å². The van der Waals surface area contributed by atoms with Gasteiger partial charge in [0.15, 0.2) is 5.96 Å².